The summed E-state index contributed by atoms with van der Waals surface area (Å²) in [6, 6.07) is 30.2. The summed E-state index contributed by atoms with van der Waals surface area (Å²) < 4.78 is 0. The van der Waals surface area contributed by atoms with Gasteiger partial charge in [0.2, 0.25) is 0 Å². The number of hydrogen-bond acceptors (Lipinski definition) is 1. The number of unbranched alkanes of at least 4 members (excludes halogenated alkanes) is 5. The van der Waals surface area contributed by atoms with E-state index in [4.69, 9.17) is 0 Å². The normalized spacial score (nSPS) is 10.3. The number of anilines is 3. The van der Waals surface area contributed by atoms with E-state index in [1.54, 1.807) is 0 Å². The molecule has 0 fully saturated rings. The zero-order chi connectivity index (χ0) is 18.7. The quantitative estimate of drug-likeness (QED) is 0.239. The van der Waals surface area contributed by atoms with Gasteiger partial charge in [-0.3, -0.25) is 0 Å². The molecule has 0 bridgehead atoms. The van der Waals surface area contributed by atoms with Crippen molar-refractivity contribution in [1.82, 2.24) is 0 Å². The van der Waals surface area contributed by atoms with Gasteiger partial charge in [0, 0.05) is 33.6 Å². The first-order valence-electron chi connectivity index (χ1n) is 10.4. The molecule has 150 valence electrons. The fourth-order valence-electron chi connectivity index (χ4n) is 3.62. The molecule has 0 saturated heterocycles. The van der Waals surface area contributed by atoms with Crippen molar-refractivity contribution >= 4 is 17.1 Å². The molecule has 3 aromatic rings. The number of rotatable bonds is 10. The minimum atomic E-state index is 0. The van der Waals surface area contributed by atoms with Crippen LogP contribution >= 0.6 is 0 Å². The van der Waals surface area contributed by atoms with Gasteiger partial charge in [0.25, 0.3) is 0 Å². The predicted octanol–water partition coefficient (Wildman–Crippen LogP) is 8.06. The second-order valence-electron chi connectivity index (χ2n) is 7.15. The molecule has 0 radical (unpaired) electrons. The maximum Gasteiger partial charge on any atom is 0.0493 e. The first-order chi connectivity index (χ1) is 13.4. The van der Waals surface area contributed by atoms with Crippen molar-refractivity contribution in [2.24, 2.45) is 0 Å². The molecule has 0 saturated carbocycles. The molecule has 0 aliphatic carbocycles. The van der Waals surface area contributed by atoms with Gasteiger partial charge in [-0.05, 0) is 48.7 Å². The summed E-state index contributed by atoms with van der Waals surface area (Å²) in [6.07, 6.45) is 9.13. The van der Waals surface area contributed by atoms with E-state index in [9.17, 15) is 0 Å². The minimum Gasteiger partial charge on any atom is -0.310 e. The van der Waals surface area contributed by atoms with Gasteiger partial charge in [-0.1, -0.05) is 93.6 Å². The fraction of sp³-hybridized carbons (Fsp3) is 0.308. The van der Waals surface area contributed by atoms with E-state index >= 15 is 0 Å². The smallest absolute Gasteiger partial charge is 0.0493 e. The molecular formula is C26H31NNi. The van der Waals surface area contributed by atoms with Crippen molar-refractivity contribution in [2.75, 3.05) is 4.90 Å². The van der Waals surface area contributed by atoms with Gasteiger partial charge in [0.05, 0.1) is 0 Å². The first kappa shape index (κ1) is 22.2. The Morgan fingerprint density at radius 3 is 1.68 bits per heavy atom. The molecule has 0 N–H and O–H groups in total. The Bertz CT molecular complexity index is 746. The van der Waals surface area contributed by atoms with Gasteiger partial charge in [-0.2, -0.15) is 0 Å². The van der Waals surface area contributed by atoms with Gasteiger partial charge in [0.15, 0.2) is 0 Å². The Hall–Kier alpha value is -2.05. The molecule has 28 heavy (non-hydrogen) atoms. The third kappa shape index (κ3) is 6.25. The van der Waals surface area contributed by atoms with Gasteiger partial charge in [-0.15, -0.1) is 0 Å². The van der Waals surface area contributed by atoms with Crippen LogP contribution in [0.25, 0.3) is 0 Å². The largest absolute Gasteiger partial charge is 0.310 e. The zero-order valence-corrected chi connectivity index (χ0v) is 17.8. The molecular weight excluding hydrogens is 385 g/mol. The van der Waals surface area contributed by atoms with Crippen LogP contribution in [0, 0.1) is 0 Å². The average Bonchev–Trinajstić information content (AvgIpc) is 2.73. The monoisotopic (exact) mass is 415 g/mol. The SMILES string of the molecule is CCCCCCCCc1ccccc1N(c1ccccc1)c1ccccc1.[Ni]. The Morgan fingerprint density at radius 2 is 1.07 bits per heavy atom. The van der Waals surface area contributed by atoms with Crippen molar-refractivity contribution in [3.05, 3.63) is 90.5 Å². The summed E-state index contributed by atoms with van der Waals surface area (Å²) in [6.45, 7) is 2.28. The van der Waals surface area contributed by atoms with E-state index in [-0.39, 0.29) is 16.5 Å². The van der Waals surface area contributed by atoms with Crippen molar-refractivity contribution in [2.45, 2.75) is 51.9 Å². The van der Waals surface area contributed by atoms with Crippen LogP contribution in [0.5, 0.6) is 0 Å². The number of nitrogens with zero attached hydrogens (tertiary/aromatic N) is 1. The summed E-state index contributed by atoms with van der Waals surface area (Å²) in [4.78, 5) is 2.38. The molecule has 3 rings (SSSR count). The number of para-hydroxylation sites is 3. The molecule has 0 aromatic heterocycles. The van der Waals surface area contributed by atoms with Crippen LogP contribution in [0.15, 0.2) is 84.9 Å². The van der Waals surface area contributed by atoms with Gasteiger partial charge in [0.1, 0.15) is 0 Å². The molecule has 0 amide bonds. The maximum absolute atomic E-state index is 2.38. The van der Waals surface area contributed by atoms with E-state index < -0.39 is 0 Å². The summed E-state index contributed by atoms with van der Waals surface area (Å²) in [5, 5.41) is 0. The molecule has 2 heteroatoms. The predicted molar refractivity (Wildman–Crippen MR) is 118 cm³/mol. The summed E-state index contributed by atoms with van der Waals surface area (Å²) in [5.74, 6) is 0. The van der Waals surface area contributed by atoms with E-state index in [2.05, 4.69) is 96.8 Å². The molecule has 0 atom stereocenters. The van der Waals surface area contributed by atoms with E-state index in [1.807, 2.05) is 0 Å². The van der Waals surface area contributed by atoms with Crippen LogP contribution in [0.4, 0.5) is 17.1 Å². The molecule has 3 aromatic carbocycles. The van der Waals surface area contributed by atoms with Crippen molar-refractivity contribution in [3.8, 4) is 0 Å². The fourth-order valence-corrected chi connectivity index (χ4v) is 3.62. The van der Waals surface area contributed by atoms with Crippen LogP contribution < -0.4 is 4.90 Å². The summed E-state index contributed by atoms with van der Waals surface area (Å²) in [5.41, 5.74) is 5.14. The Morgan fingerprint density at radius 1 is 0.571 bits per heavy atom. The third-order valence-electron chi connectivity index (χ3n) is 5.06. The van der Waals surface area contributed by atoms with Crippen LogP contribution in [0.1, 0.15) is 51.0 Å². The van der Waals surface area contributed by atoms with E-state index in [0.717, 1.165) is 6.42 Å². The maximum atomic E-state index is 2.38. The van der Waals surface area contributed by atoms with Crippen LogP contribution in [-0.2, 0) is 22.9 Å². The van der Waals surface area contributed by atoms with Gasteiger partial charge < -0.3 is 4.90 Å². The molecule has 0 spiro atoms. The zero-order valence-electron chi connectivity index (χ0n) is 16.8. The summed E-state index contributed by atoms with van der Waals surface area (Å²) >= 11 is 0. The summed E-state index contributed by atoms with van der Waals surface area (Å²) in [7, 11) is 0. The van der Waals surface area contributed by atoms with Crippen LogP contribution in [0.3, 0.4) is 0 Å². The van der Waals surface area contributed by atoms with E-state index in [0.29, 0.717) is 0 Å². The molecule has 0 heterocycles. The molecule has 0 unspecified atom stereocenters. The Kier molecular flexibility index (Phi) is 9.87. The van der Waals surface area contributed by atoms with Gasteiger partial charge >= 0.3 is 0 Å². The molecule has 0 aliphatic heterocycles. The number of hydrogen-bond donors (Lipinski definition) is 0. The van der Waals surface area contributed by atoms with Crippen molar-refractivity contribution in [3.63, 3.8) is 0 Å². The second-order valence-corrected chi connectivity index (χ2v) is 7.15. The van der Waals surface area contributed by atoms with Crippen LogP contribution in [-0.4, -0.2) is 0 Å². The minimum absolute atomic E-state index is 0. The average molecular weight is 416 g/mol. The van der Waals surface area contributed by atoms with Gasteiger partial charge in [-0.25, -0.2) is 0 Å². The van der Waals surface area contributed by atoms with E-state index in [1.165, 1.54) is 61.2 Å². The number of aryl methyl sites for hydroxylation is 1. The first-order valence-corrected chi connectivity index (χ1v) is 10.4. The second kappa shape index (κ2) is 12.4. The topological polar surface area (TPSA) is 3.24 Å². The Labute approximate surface area is 180 Å². The van der Waals surface area contributed by atoms with Crippen molar-refractivity contribution < 1.29 is 16.5 Å². The third-order valence-corrected chi connectivity index (χ3v) is 5.06. The standard InChI is InChI=1S/C26H31N.Ni/c1-2-3-4-5-6-9-16-23-17-14-15-22-26(23)27(24-18-10-7-11-19-24)25-20-12-8-13-21-25;/h7-8,10-15,17-22H,2-6,9,16H2,1H3;. The Balaban J connectivity index is 0.00000280. The van der Waals surface area contributed by atoms with Crippen LogP contribution in [0.2, 0.25) is 0 Å². The van der Waals surface area contributed by atoms with Crippen molar-refractivity contribution in [1.29, 1.82) is 0 Å². The molecule has 0 aliphatic rings. The molecule has 1 nitrogen and oxygen atoms in total. The number of benzene rings is 3.